The Morgan fingerprint density at radius 3 is 2.90 bits per heavy atom. The molecule has 1 N–H and O–H groups in total. The second-order valence-electron chi connectivity index (χ2n) is 3.75. The maximum atomic E-state index is 5.99. The van der Waals surface area contributed by atoms with Crippen LogP contribution in [-0.2, 0) is 0 Å². The Morgan fingerprint density at radius 1 is 1.50 bits per heavy atom. The molecule has 0 bridgehead atoms. The number of alkyl halides is 1. The summed E-state index contributed by atoms with van der Waals surface area (Å²) in [6.45, 7) is 5.44. The zero-order valence-electron chi connectivity index (χ0n) is 6.78. The molecule has 0 aliphatic carbocycles. The first kappa shape index (κ1) is 8.35. The molecule has 1 unspecified atom stereocenters. The van der Waals surface area contributed by atoms with Crippen molar-refractivity contribution in [1.29, 1.82) is 0 Å². The molecule has 1 heterocycles. The van der Waals surface area contributed by atoms with Crippen molar-refractivity contribution in [3.8, 4) is 0 Å². The molecule has 0 saturated carbocycles. The van der Waals surface area contributed by atoms with E-state index in [4.69, 9.17) is 11.6 Å². The fraction of sp³-hybridized carbons (Fsp3) is 1.00. The average molecular weight is 162 g/mol. The van der Waals surface area contributed by atoms with Crippen molar-refractivity contribution in [2.45, 2.75) is 44.0 Å². The first-order valence-corrected chi connectivity index (χ1v) is 4.43. The zero-order chi connectivity index (χ0) is 7.61. The molecule has 1 fully saturated rings. The van der Waals surface area contributed by atoms with Crippen LogP contribution < -0.4 is 5.32 Å². The molecule has 0 spiro atoms. The highest BCUT2D eigenvalue weighted by molar-refractivity contribution is 6.20. The number of halogens is 1. The van der Waals surface area contributed by atoms with Crippen LogP contribution in [0.3, 0.4) is 0 Å². The van der Waals surface area contributed by atoms with Gasteiger partial charge in [0.25, 0.3) is 0 Å². The van der Waals surface area contributed by atoms with Gasteiger partial charge in [0.1, 0.15) is 0 Å². The highest BCUT2D eigenvalue weighted by Crippen LogP contribution is 2.19. The van der Waals surface area contributed by atoms with Crippen LogP contribution in [0.5, 0.6) is 0 Å². The lowest BCUT2D eigenvalue weighted by Gasteiger charge is -2.23. The monoisotopic (exact) mass is 161 g/mol. The van der Waals surface area contributed by atoms with Gasteiger partial charge in [-0.1, -0.05) is 6.42 Å². The van der Waals surface area contributed by atoms with E-state index in [-0.39, 0.29) is 0 Å². The third-order valence-electron chi connectivity index (χ3n) is 2.12. The van der Waals surface area contributed by atoms with Gasteiger partial charge >= 0.3 is 0 Å². The molecular weight excluding hydrogens is 146 g/mol. The summed E-state index contributed by atoms with van der Waals surface area (Å²) in [7, 11) is 0. The van der Waals surface area contributed by atoms with Crippen LogP contribution in [-0.4, -0.2) is 17.5 Å². The second-order valence-corrected chi connectivity index (χ2v) is 4.37. The standard InChI is InChI=1S/C8H16ClN/c1-8(2)5-3-4-7(9)6-10-8/h7,10H,3-6H2,1-2H3. The second kappa shape index (κ2) is 3.10. The molecule has 1 atom stereocenters. The number of rotatable bonds is 0. The summed E-state index contributed by atoms with van der Waals surface area (Å²) in [5.41, 5.74) is 0.309. The predicted molar refractivity (Wildman–Crippen MR) is 45.6 cm³/mol. The summed E-state index contributed by atoms with van der Waals surface area (Å²) < 4.78 is 0. The van der Waals surface area contributed by atoms with E-state index in [0.717, 1.165) is 13.0 Å². The van der Waals surface area contributed by atoms with Crippen molar-refractivity contribution >= 4 is 11.6 Å². The predicted octanol–water partition coefficient (Wildman–Crippen LogP) is 2.15. The molecule has 1 aliphatic heterocycles. The van der Waals surface area contributed by atoms with Crippen LogP contribution in [0.2, 0.25) is 0 Å². The molecule has 0 aromatic carbocycles. The average Bonchev–Trinajstić information content (AvgIpc) is 1.94. The van der Waals surface area contributed by atoms with E-state index >= 15 is 0 Å². The molecule has 60 valence electrons. The lowest BCUT2D eigenvalue weighted by Crippen LogP contribution is -2.39. The minimum Gasteiger partial charge on any atom is -0.310 e. The molecule has 10 heavy (non-hydrogen) atoms. The van der Waals surface area contributed by atoms with Crippen molar-refractivity contribution in [3.63, 3.8) is 0 Å². The number of hydrogen-bond donors (Lipinski definition) is 1. The van der Waals surface area contributed by atoms with Crippen molar-refractivity contribution in [2.24, 2.45) is 0 Å². The lowest BCUT2D eigenvalue weighted by atomic mass is 9.99. The van der Waals surface area contributed by atoms with E-state index in [1.807, 2.05) is 0 Å². The SMILES string of the molecule is CC1(C)CCCC(Cl)CN1. The van der Waals surface area contributed by atoms with E-state index in [9.17, 15) is 0 Å². The third-order valence-corrected chi connectivity index (χ3v) is 2.49. The summed E-state index contributed by atoms with van der Waals surface area (Å²) in [4.78, 5) is 0. The minimum absolute atomic E-state index is 0.309. The van der Waals surface area contributed by atoms with Gasteiger partial charge < -0.3 is 5.32 Å². The van der Waals surface area contributed by atoms with Gasteiger partial charge in [-0.25, -0.2) is 0 Å². The molecule has 0 radical (unpaired) electrons. The Kier molecular flexibility index (Phi) is 2.59. The van der Waals surface area contributed by atoms with Gasteiger partial charge in [0, 0.05) is 17.5 Å². The molecule has 0 amide bonds. The van der Waals surface area contributed by atoms with E-state index in [2.05, 4.69) is 19.2 Å². The maximum Gasteiger partial charge on any atom is 0.0460 e. The van der Waals surface area contributed by atoms with Crippen LogP contribution in [0, 0.1) is 0 Å². The van der Waals surface area contributed by atoms with Crippen molar-refractivity contribution in [3.05, 3.63) is 0 Å². The van der Waals surface area contributed by atoms with Gasteiger partial charge in [-0.3, -0.25) is 0 Å². The summed E-state index contributed by atoms with van der Waals surface area (Å²) in [6, 6.07) is 0. The zero-order valence-corrected chi connectivity index (χ0v) is 7.54. The van der Waals surface area contributed by atoms with Crippen molar-refractivity contribution in [2.75, 3.05) is 6.54 Å². The molecule has 1 saturated heterocycles. The van der Waals surface area contributed by atoms with E-state index < -0.39 is 0 Å². The fourth-order valence-electron chi connectivity index (χ4n) is 1.34. The van der Waals surface area contributed by atoms with E-state index in [0.29, 0.717) is 10.9 Å². The van der Waals surface area contributed by atoms with Crippen LogP contribution >= 0.6 is 11.6 Å². The fourth-order valence-corrected chi connectivity index (χ4v) is 1.57. The van der Waals surface area contributed by atoms with Gasteiger partial charge in [-0.15, -0.1) is 11.6 Å². The highest BCUT2D eigenvalue weighted by Gasteiger charge is 2.21. The van der Waals surface area contributed by atoms with Crippen molar-refractivity contribution in [1.82, 2.24) is 5.32 Å². The van der Waals surface area contributed by atoms with Crippen LogP contribution in [0.25, 0.3) is 0 Å². The Hall–Kier alpha value is 0.250. The highest BCUT2D eigenvalue weighted by atomic mass is 35.5. The van der Waals surface area contributed by atoms with Gasteiger partial charge in [-0.2, -0.15) is 0 Å². The lowest BCUT2D eigenvalue weighted by molar-refractivity contribution is 0.384. The number of nitrogens with one attached hydrogen (secondary N) is 1. The van der Waals surface area contributed by atoms with E-state index in [1.165, 1.54) is 12.8 Å². The Morgan fingerprint density at radius 2 is 2.20 bits per heavy atom. The summed E-state index contributed by atoms with van der Waals surface area (Å²) in [5.74, 6) is 0. The molecule has 1 nitrogen and oxygen atoms in total. The summed E-state index contributed by atoms with van der Waals surface area (Å²) >= 11 is 5.99. The number of hydrogen-bond acceptors (Lipinski definition) is 1. The Bertz CT molecular complexity index is 112. The summed E-state index contributed by atoms with van der Waals surface area (Å²) in [6.07, 6.45) is 3.67. The van der Waals surface area contributed by atoms with Gasteiger partial charge in [0.15, 0.2) is 0 Å². The quantitative estimate of drug-likeness (QED) is 0.537. The molecule has 1 aliphatic rings. The third kappa shape index (κ3) is 2.47. The molecular formula is C8H16ClN. The van der Waals surface area contributed by atoms with Crippen LogP contribution in [0.4, 0.5) is 0 Å². The molecule has 0 aromatic rings. The maximum absolute atomic E-state index is 5.99. The molecule has 2 heteroatoms. The van der Waals surface area contributed by atoms with Gasteiger partial charge in [0.2, 0.25) is 0 Å². The summed E-state index contributed by atoms with van der Waals surface area (Å²) in [5, 5.41) is 3.79. The smallest absolute Gasteiger partial charge is 0.0460 e. The first-order chi connectivity index (χ1) is 4.60. The van der Waals surface area contributed by atoms with Crippen LogP contribution in [0.15, 0.2) is 0 Å². The van der Waals surface area contributed by atoms with Crippen molar-refractivity contribution < 1.29 is 0 Å². The minimum atomic E-state index is 0.309. The van der Waals surface area contributed by atoms with Gasteiger partial charge in [0.05, 0.1) is 0 Å². The Balaban J connectivity index is 2.41. The molecule has 1 rings (SSSR count). The van der Waals surface area contributed by atoms with Crippen LogP contribution in [0.1, 0.15) is 33.1 Å². The van der Waals surface area contributed by atoms with E-state index in [1.54, 1.807) is 0 Å². The van der Waals surface area contributed by atoms with Gasteiger partial charge in [-0.05, 0) is 26.7 Å². The first-order valence-electron chi connectivity index (χ1n) is 3.99. The normalized spacial score (nSPS) is 33.3. The molecule has 0 aromatic heterocycles. The topological polar surface area (TPSA) is 12.0 Å². The largest absolute Gasteiger partial charge is 0.310 e. The Labute approximate surface area is 68.1 Å².